The molecule has 0 saturated heterocycles. The minimum atomic E-state index is -0.310. The van der Waals surface area contributed by atoms with Gasteiger partial charge in [0.25, 0.3) is 0 Å². The molecule has 218 valence electrons. The fourth-order valence-corrected chi connectivity index (χ4v) is 5.19. The van der Waals surface area contributed by atoms with Crippen LogP contribution in [0.5, 0.6) is 0 Å². The predicted octanol–water partition coefficient (Wildman–Crippen LogP) is 11.3. The highest BCUT2D eigenvalue weighted by Crippen LogP contribution is 2.32. The maximum absolute atomic E-state index is 13.9. The van der Waals surface area contributed by atoms with E-state index < -0.39 is 0 Å². The SMILES string of the molecule is Fc1ccc(C(=CN(c2ccccc2)c2ccc(C=CC=C(c3ccccc3)c3ccccc3)cc2)c2ccc(F)cc2)cc1. The predicted molar refractivity (Wildman–Crippen MR) is 184 cm³/mol. The van der Waals surface area contributed by atoms with E-state index in [1.807, 2.05) is 48.7 Å². The van der Waals surface area contributed by atoms with Gasteiger partial charge in [0.2, 0.25) is 0 Å². The minimum absolute atomic E-state index is 0.310. The number of halogens is 2. The van der Waals surface area contributed by atoms with Gasteiger partial charge in [0.05, 0.1) is 0 Å². The van der Waals surface area contributed by atoms with Crippen LogP contribution in [0, 0.1) is 11.6 Å². The summed E-state index contributed by atoms with van der Waals surface area (Å²) in [4.78, 5) is 2.10. The van der Waals surface area contributed by atoms with Crippen molar-refractivity contribution in [2.24, 2.45) is 0 Å². The smallest absolute Gasteiger partial charge is 0.123 e. The Bertz CT molecular complexity index is 1820. The van der Waals surface area contributed by atoms with Gasteiger partial charge < -0.3 is 4.90 Å². The summed E-state index contributed by atoms with van der Waals surface area (Å²) in [5, 5.41) is 0. The van der Waals surface area contributed by atoms with Crippen molar-refractivity contribution in [2.45, 2.75) is 0 Å². The molecule has 45 heavy (non-hydrogen) atoms. The van der Waals surface area contributed by atoms with Gasteiger partial charge in [0.1, 0.15) is 11.6 Å². The normalized spacial score (nSPS) is 10.8. The van der Waals surface area contributed by atoms with Crippen LogP contribution in [0.25, 0.3) is 17.2 Å². The van der Waals surface area contributed by atoms with Crippen LogP contribution in [0.4, 0.5) is 20.2 Å². The number of benzene rings is 6. The molecular formula is C42H31F2N. The van der Waals surface area contributed by atoms with Crippen LogP contribution in [0.15, 0.2) is 182 Å². The van der Waals surface area contributed by atoms with E-state index in [4.69, 9.17) is 0 Å². The van der Waals surface area contributed by atoms with Crippen LogP contribution in [0.3, 0.4) is 0 Å². The van der Waals surface area contributed by atoms with Crippen molar-refractivity contribution in [3.63, 3.8) is 0 Å². The number of hydrogen-bond acceptors (Lipinski definition) is 1. The summed E-state index contributed by atoms with van der Waals surface area (Å²) in [5.74, 6) is -0.620. The molecule has 0 spiro atoms. The number of allylic oxidation sites excluding steroid dienone is 2. The van der Waals surface area contributed by atoms with Crippen molar-refractivity contribution in [1.29, 1.82) is 0 Å². The summed E-state index contributed by atoms with van der Waals surface area (Å²) in [6, 6.07) is 51.9. The van der Waals surface area contributed by atoms with Crippen molar-refractivity contribution in [2.75, 3.05) is 4.90 Å². The van der Waals surface area contributed by atoms with Crippen LogP contribution >= 0.6 is 0 Å². The number of nitrogens with zero attached hydrogens (tertiary/aromatic N) is 1. The zero-order valence-electron chi connectivity index (χ0n) is 24.6. The number of hydrogen-bond donors (Lipinski definition) is 0. The highest BCUT2D eigenvalue weighted by Gasteiger charge is 2.13. The third-order valence-electron chi connectivity index (χ3n) is 7.50. The molecule has 0 aliphatic carbocycles. The quantitative estimate of drug-likeness (QED) is 0.152. The summed E-state index contributed by atoms with van der Waals surface area (Å²) >= 11 is 0. The first-order valence-corrected chi connectivity index (χ1v) is 14.8. The van der Waals surface area contributed by atoms with Crippen molar-refractivity contribution >= 4 is 28.6 Å². The molecule has 0 heterocycles. The van der Waals surface area contributed by atoms with Crippen LogP contribution in [0.2, 0.25) is 0 Å². The highest BCUT2D eigenvalue weighted by atomic mass is 19.1. The number of anilines is 2. The Labute approximate surface area is 263 Å². The fraction of sp³-hybridized carbons (Fsp3) is 0. The van der Waals surface area contributed by atoms with E-state index in [-0.39, 0.29) is 11.6 Å². The first-order chi connectivity index (χ1) is 22.1. The maximum atomic E-state index is 13.9. The highest BCUT2D eigenvalue weighted by molar-refractivity contribution is 5.84. The second kappa shape index (κ2) is 14.1. The van der Waals surface area contributed by atoms with Gasteiger partial charge in [-0.15, -0.1) is 0 Å². The van der Waals surface area contributed by atoms with E-state index in [0.717, 1.165) is 50.3 Å². The van der Waals surface area contributed by atoms with E-state index in [1.165, 1.54) is 24.3 Å². The molecule has 0 N–H and O–H groups in total. The maximum Gasteiger partial charge on any atom is 0.123 e. The molecule has 6 aromatic carbocycles. The Balaban J connectivity index is 1.35. The van der Waals surface area contributed by atoms with Gasteiger partial charge in [0.15, 0.2) is 0 Å². The molecular weight excluding hydrogens is 556 g/mol. The summed E-state index contributed by atoms with van der Waals surface area (Å²) in [6.07, 6.45) is 8.35. The lowest BCUT2D eigenvalue weighted by Crippen LogP contribution is -2.10. The largest absolute Gasteiger partial charge is 0.317 e. The zero-order chi connectivity index (χ0) is 30.8. The van der Waals surface area contributed by atoms with Crippen molar-refractivity contribution in [1.82, 2.24) is 0 Å². The summed E-state index contributed by atoms with van der Waals surface area (Å²) < 4.78 is 27.7. The van der Waals surface area contributed by atoms with Crippen LogP contribution in [-0.4, -0.2) is 0 Å². The topological polar surface area (TPSA) is 3.24 Å². The number of rotatable bonds is 9. The van der Waals surface area contributed by atoms with Crippen LogP contribution in [0.1, 0.15) is 27.8 Å². The van der Waals surface area contributed by atoms with E-state index in [1.54, 1.807) is 24.3 Å². The van der Waals surface area contributed by atoms with Gasteiger partial charge in [-0.2, -0.15) is 0 Å². The molecule has 6 rings (SSSR count). The average Bonchev–Trinajstić information content (AvgIpc) is 3.10. The summed E-state index contributed by atoms with van der Waals surface area (Å²) in [6.45, 7) is 0. The molecule has 0 aromatic heterocycles. The molecule has 1 nitrogen and oxygen atoms in total. The van der Waals surface area contributed by atoms with Gasteiger partial charge in [-0.3, -0.25) is 0 Å². The Morgan fingerprint density at radius 2 is 0.844 bits per heavy atom. The molecule has 0 fully saturated rings. The Morgan fingerprint density at radius 3 is 1.33 bits per heavy atom. The molecule has 3 heteroatoms. The lowest BCUT2D eigenvalue weighted by Gasteiger charge is -2.23. The molecule has 0 atom stereocenters. The standard InChI is InChI=1S/C42H31F2N/c43-37-25-21-35(22-26-37)42(36-23-27-38(44)28-24-36)31-45(39-16-8-3-9-17-39)40-29-19-32(20-30-40)11-10-18-41(33-12-4-1-5-13-33)34-14-6-2-7-15-34/h1-31H. The molecule has 6 aromatic rings. The average molecular weight is 588 g/mol. The fourth-order valence-electron chi connectivity index (χ4n) is 5.19. The molecule has 0 amide bonds. The first-order valence-electron chi connectivity index (χ1n) is 14.8. The van der Waals surface area contributed by atoms with Crippen molar-refractivity contribution in [3.8, 4) is 0 Å². The lowest BCUT2D eigenvalue weighted by atomic mass is 9.97. The second-order valence-corrected chi connectivity index (χ2v) is 10.5. The van der Waals surface area contributed by atoms with E-state index in [9.17, 15) is 8.78 Å². The van der Waals surface area contributed by atoms with E-state index >= 15 is 0 Å². The first kappa shape index (κ1) is 29.3. The summed E-state index contributed by atoms with van der Waals surface area (Å²) in [7, 11) is 0. The Kier molecular flexibility index (Phi) is 9.18. The van der Waals surface area contributed by atoms with Gasteiger partial charge >= 0.3 is 0 Å². The van der Waals surface area contributed by atoms with Crippen molar-refractivity contribution in [3.05, 3.63) is 222 Å². The monoisotopic (exact) mass is 587 g/mol. The molecule has 0 radical (unpaired) electrons. The van der Waals surface area contributed by atoms with Crippen LogP contribution in [-0.2, 0) is 0 Å². The second-order valence-electron chi connectivity index (χ2n) is 10.5. The molecule has 0 bridgehead atoms. The Hall–Kier alpha value is -5.80. The third kappa shape index (κ3) is 7.41. The van der Waals surface area contributed by atoms with Gasteiger partial charge in [0, 0.05) is 23.1 Å². The Morgan fingerprint density at radius 1 is 0.422 bits per heavy atom. The summed E-state index contributed by atoms with van der Waals surface area (Å²) in [5.41, 5.74) is 8.92. The molecule has 0 unspecified atom stereocenters. The zero-order valence-corrected chi connectivity index (χ0v) is 24.6. The lowest BCUT2D eigenvalue weighted by molar-refractivity contribution is 0.627. The molecule has 0 saturated carbocycles. The van der Waals surface area contributed by atoms with Gasteiger partial charge in [-0.25, -0.2) is 8.78 Å². The van der Waals surface area contributed by atoms with E-state index in [0.29, 0.717) is 0 Å². The van der Waals surface area contributed by atoms with Gasteiger partial charge in [-0.05, 0) is 81.9 Å². The van der Waals surface area contributed by atoms with Crippen molar-refractivity contribution < 1.29 is 8.78 Å². The van der Waals surface area contributed by atoms with E-state index in [2.05, 4.69) is 95.9 Å². The minimum Gasteiger partial charge on any atom is -0.317 e. The van der Waals surface area contributed by atoms with Crippen LogP contribution < -0.4 is 4.90 Å². The third-order valence-corrected chi connectivity index (χ3v) is 7.50. The van der Waals surface area contributed by atoms with Gasteiger partial charge in [-0.1, -0.05) is 133 Å². The molecule has 0 aliphatic heterocycles. The molecule has 0 aliphatic rings. The number of para-hydroxylation sites is 1.